The fourth-order valence-electron chi connectivity index (χ4n) is 2.75. The van der Waals surface area contributed by atoms with Crippen LogP contribution in [-0.2, 0) is 10.0 Å². The highest BCUT2D eigenvalue weighted by molar-refractivity contribution is 7.89. The summed E-state index contributed by atoms with van der Waals surface area (Å²) >= 11 is 0. The molecule has 2 fully saturated rings. The Morgan fingerprint density at radius 1 is 1.39 bits per heavy atom. The molecule has 0 saturated carbocycles. The average molecular weight is 268 g/mol. The molecule has 0 radical (unpaired) electrons. The zero-order valence-electron chi connectivity index (χ0n) is 9.99. The number of sulfonamides is 1. The van der Waals surface area contributed by atoms with Crippen molar-refractivity contribution in [3.8, 4) is 0 Å². The number of nitrogens with zero attached hydrogens (tertiary/aromatic N) is 3. The van der Waals surface area contributed by atoms with Crippen molar-refractivity contribution in [3.05, 3.63) is 18.5 Å². The fraction of sp³-hybridized carbons (Fsp3) is 0.545. The third-order valence-electron chi connectivity index (χ3n) is 3.66. The molecule has 2 saturated heterocycles. The summed E-state index contributed by atoms with van der Waals surface area (Å²) in [5.74, 6) is 0.275. The van der Waals surface area contributed by atoms with E-state index in [2.05, 4.69) is 9.88 Å². The molecule has 0 aromatic carbocycles. The molecule has 1 aromatic heterocycles. The largest absolute Gasteiger partial charge is 0.396 e. The maximum Gasteiger partial charge on any atom is 0.214 e. The number of nitrogen functional groups attached to an aromatic ring is 1. The van der Waals surface area contributed by atoms with E-state index in [1.165, 1.54) is 0 Å². The standard InChI is InChI=1S/C11H16N4O2S/c12-10-7-13-3-1-11(10)14-4-5-15-9(8-14)2-6-18(15,16)17/h1,3,7,9H,2,4-6,8,12H2/t9-/m0/s1. The summed E-state index contributed by atoms with van der Waals surface area (Å²) in [6, 6.07) is 1.98. The van der Waals surface area contributed by atoms with Crippen molar-refractivity contribution in [1.82, 2.24) is 9.29 Å². The van der Waals surface area contributed by atoms with E-state index in [1.54, 1.807) is 16.7 Å². The lowest BCUT2D eigenvalue weighted by Gasteiger charge is -2.37. The lowest BCUT2D eigenvalue weighted by Crippen LogP contribution is -2.51. The first-order valence-electron chi connectivity index (χ1n) is 6.02. The molecule has 2 aliphatic heterocycles. The number of fused-ring (bicyclic) bond motifs is 1. The van der Waals surface area contributed by atoms with E-state index in [0.29, 0.717) is 31.7 Å². The number of pyridine rings is 1. The third-order valence-corrected chi connectivity index (χ3v) is 5.61. The van der Waals surface area contributed by atoms with Gasteiger partial charge in [0.25, 0.3) is 0 Å². The van der Waals surface area contributed by atoms with E-state index in [1.807, 2.05) is 6.07 Å². The Morgan fingerprint density at radius 2 is 2.22 bits per heavy atom. The van der Waals surface area contributed by atoms with Gasteiger partial charge in [-0.25, -0.2) is 8.42 Å². The van der Waals surface area contributed by atoms with Gasteiger partial charge in [0, 0.05) is 31.9 Å². The SMILES string of the molecule is Nc1cnccc1N1CCN2[C@@H](CCS2(=O)=O)C1. The van der Waals surface area contributed by atoms with Crippen LogP contribution in [0.4, 0.5) is 11.4 Å². The van der Waals surface area contributed by atoms with E-state index < -0.39 is 10.0 Å². The molecule has 0 amide bonds. The first-order chi connectivity index (χ1) is 8.58. The van der Waals surface area contributed by atoms with Gasteiger partial charge in [0.05, 0.1) is 23.3 Å². The van der Waals surface area contributed by atoms with Gasteiger partial charge in [0.2, 0.25) is 10.0 Å². The van der Waals surface area contributed by atoms with Crippen molar-refractivity contribution in [2.75, 3.05) is 36.0 Å². The van der Waals surface area contributed by atoms with Gasteiger partial charge in [0.1, 0.15) is 0 Å². The highest BCUT2D eigenvalue weighted by Gasteiger charge is 2.40. The summed E-state index contributed by atoms with van der Waals surface area (Å²) in [5.41, 5.74) is 7.50. The van der Waals surface area contributed by atoms with E-state index in [9.17, 15) is 8.42 Å². The van der Waals surface area contributed by atoms with Crippen molar-refractivity contribution in [3.63, 3.8) is 0 Å². The van der Waals surface area contributed by atoms with Gasteiger partial charge in [-0.15, -0.1) is 0 Å². The summed E-state index contributed by atoms with van der Waals surface area (Å²) in [7, 11) is -3.00. The zero-order valence-corrected chi connectivity index (χ0v) is 10.8. The summed E-state index contributed by atoms with van der Waals surface area (Å²) in [4.78, 5) is 6.12. The highest BCUT2D eigenvalue weighted by Crippen LogP contribution is 2.29. The van der Waals surface area contributed by atoms with Crippen LogP contribution in [0, 0.1) is 0 Å². The Hall–Kier alpha value is -1.34. The van der Waals surface area contributed by atoms with Gasteiger partial charge in [-0.3, -0.25) is 4.98 Å². The molecule has 7 heteroatoms. The molecule has 1 aromatic rings. The molecule has 0 unspecified atom stereocenters. The molecular weight excluding hydrogens is 252 g/mol. The third kappa shape index (κ3) is 1.83. The van der Waals surface area contributed by atoms with Crippen molar-refractivity contribution in [1.29, 1.82) is 0 Å². The molecule has 0 spiro atoms. The Morgan fingerprint density at radius 3 is 3.00 bits per heavy atom. The second-order valence-corrected chi connectivity index (χ2v) is 6.79. The van der Waals surface area contributed by atoms with E-state index >= 15 is 0 Å². The molecule has 98 valence electrons. The smallest absolute Gasteiger partial charge is 0.214 e. The number of rotatable bonds is 1. The van der Waals surface area contributed by atoms with Crippen LogP contribution in [0.5, 0.6) is 0 Å². The van der Waals surface area contributed by atoms with Gasteiger partial charge in [-0.2, -0.15) is 4.31 Å². The monoisotopic (exact) mass is 268 g/mol. The van der Waals surface area contributed by atoms with Crippen LogP contribution >= 0.6 is 0 Å². The van der Waals surface area contributed by atoms with E-state index in [4.69, 9.17) is 5.73 Å². The second-order valence-electron chi connectivity index (χ2n) is 4.75. The maximum absolute atomic E-state index is 11.8. The highest BCUT2D eigenvalue weighted by atomic mass is 32.2. The van der Waals surface area contributed by atoms with Crippen LogP contribution in [0.15, 0.2) is 18.5 Å². The molecule has 6 nitrogen and oxygen atoms in total. The van der Waals surface area contributed by atoms with Crippen molar-refractivity contribution >= 4 is 21.4 Å². The molecule has 2 N–H and O–H groups in total. The molecule has 0 bridgehead atoms. The lowest BCUT2D eigenvalue weighted by atomic mass is 10.1. The number of hydrogen-bond donors (Lipinski definition) is 1. The van der Waals surface area contributed by atoms with Crippen LogP contribution in [0.2, 0.25) is 0 Å². The first-order valence-corrected chi connectivity index (χ1v) is 7.63. The predicted molar refractivity (Wildman–Crippen MR) is 69.8 cm³/mol. The lowest BCUT2D eigenvalue weighted by molar-refractivity contribution is 0.311. The summed E-state index contributed by atoms with van der Waals surface area (Å²) in [6.07, 6.45) is 4.06. The van der Waals surface area contributed by atoms with E-state index in [0.717, 1.165) is 5.69 Å². The molecule has 1 atom stereocenters. The number of aromatic nitrogens is 1. The summed E-state index contributed by atoms with van der Waals surface area (Å²) in [5, 5.41) is 0. The Kier molecular flexibility index (Phi) is 2.67. The van der Waals surface area contributed by atoms with Gasteiger partial charge in [-0.1, -0.05) is 0 Å². The topological polar surface area (TPSA) is 79.5 Å². The average Bonchev–Trinajstić information content (AvgIpc) is 2.66. The Labute approximate surface area is 106 Å². The fourth-order valence-corrected chi connectivity index (χ4v) is 4.54. The molecule has 0 aliphatic carbocycles. The van der Waals surface area contributed by atoms with Crippen molar-refractivity contribution in [2.45, 2.75) is 12.5 Å². The second kappa shape index (κ2) is 4.10. The van der Waals surface area contributed by atoms with Gasteiger partial charge in [-0.05, 0) is 12.5 Å². The zero-order chi connectivity index (χ0) is 12.8. The first kappa shape index (κ1) is 11.7. The van der Waals surface area contributed by atoms with E-state index in [-0.39, 0.29) is 11.8 Å². The van der Waals surface area contributed by atoms with Crippen LogP contribution in [0.25, 0.3) is 0 Å². The minimum absolute atomic E-state index is 0.0938. The number of piperazine rings is 1. The number of anilines is 2. The number of nitrogens with two attached hydrogens (primary N) is 1. The maximum atomic E-state index is 11.8. The van der Waals surface area contributed by atoms with Crippen LogP contribution in [-0.4, -0.2) is 49.1 Å². The molecule has 18 heavy (non-hydrogen) atoms. The summed E-state index contributed by atoms with van der Waals surface area (Å²) < 4.78 is 25.2. The molecule has 3 rings (SSSR count). The van der Waals surface area contributed by atoms with Gasteiger partial charge >= 0.3 is 0 Å². The Balaban J connectivity index is 1.82. The van der Waals surface area contributed by atoms with Crippen LogP contribution in [0.3, 0.4) is 0 Å². The summed E-state index contributed by atoms with van der Waals surface area (Å²) in [6.45, 7) is 1.95. The normalized spacial score (nSPS) is 27.1. The van der Waals surface area contributed by atoms with Crippen molar-refractivity contribution in [2.24, 2.45) is 0 Å². The van der Waals surface area contributed by atoms with Gasteiger partial charge < -0.3 is 10.6 Å². The molecular formula is C11H16N4O2S. The minimum Gasteiger partial charge on any atom is -0.396 e. The Bertz CT molecular complexity index is 560. The number of hydrogen-bond acceptors (Lipinski definition) is 5. The quantitative estimate of drug-likeness (QED) is 0.768. The molecule has 2 aliphatic rings. The minimum atomic E-state index is -3.00. The predicted octanol–water partition coefficient (Wildman–Crippen LogP) is -0.112. The van der Waals surface area contributed by atoms with Crippen LogP contribution < -0.4 is 10.6 Å². The van der Waals surface area contributed by atoms with Crippen LogP contribution in [0.1, 0.15) is 6.42 Å². The molecule has 3 heterocycles. The van der Waals surface area contributed by atoms with Crippen molar-refractivity contribution < 1.29 is 8.42 Å². The van der Waals surface area contributed by atoms with Gasteiger partial charge in [0.15, 0.2) is 0 Å².